The van der Waals surface area contributed by atoms with E-state index in [9.17, 15) is 18.0 Å². The standard InChI is InChI=1S/C14H14F3N3O3/c1-22-7-6-18-12(21)10-4-2-9(3-5-10)8-11-19-13(23-20-11)14(15,16)17/h2-5H,6-8H2,1H3,(H,18,21). The van der Waals surface area contributed by atoms with E-state index < -0.39 is 12.1 Å². The number of methoxy groups -OCH3 is 1. The van der Waals surface area contributed by atoms with Gasteiger partial charge >= 0.3 is 12.1 Å². The fourth-order valence-electron chi connectivity index (χ4n) is 1.77. The number of nitrogens with one attached hydrogen (secondary N) is 1. The fraction of sp³-hybridized carbons (Fsp3) is 0.357. The van der Waals surface area contributed by atoms with Crippen LogP contribution >= 0.6 is 0 Å². The molecule has 0 aliphatic heterocycles. The predicted molar refractivity (Wildman–Crippen MR) is 72.8 cm³/mol. The van der Waals surface area contributed by atoms with Gasteiger partial charge in [0, 0.05) is 25.6 Å². The third kappa shape index (κ3) is 4.78. The lowest BCUT2D eigenvalue weighted by Gasteiger charge is -2.05. The molecule has 0 saturated carbocycles. The van der Waals surface area contributed by atoms with Crippen LogP contribution in [0.2, 0.25) is 0 Å². The molecule has 9 heteroatoms. The summed E-state index contributed by atoms with van der Waals surface area (Å²) < 4.78 is 46.1. The van der Waals surface area contributed by atoms with Gasteiger partial charge < -0.3 is 14.6 Å². The van der Waals surface area contributed by atoms with Crippen LogP contribution in [0.5, 0.6) is 0 Å². The lowest BCUT2D eigenvalue weighted by atomic mass is 10.1. The van der Waals surface area contributed by atoms with E-state index >= 15 is 0 Å². The van der Waals surface area contributed by atoms with E-state index in [1.165, 1.54) is 7.11 Å². The number of carbonyl (C=O) groups excluding carboxylic acids is 1. The van der Waals surface area contributed by atoms with Crippen molar-refractivity contribution in [2.24, 2.45) is 0 Å². The molecule has 2 rings (SSSR count). The van der Waals surface area contributed by atoms with Gasteiger partial charge in [-0.15, -0.1) is 0 Å². The van der Waals surface area contributed by atoms with Crippen molar-refractivity contribution < 1.29 is 27.2 Å². The van der Waals surface area contributed by atoms with Gasteiger partial charge in [-0.3, -0.25) is 4.79 Å². The monoisotopic (exact) mass is 329 g/mol. The molecule has 6 nitrogen and oxygen atoms in total. The second-order valence-electron chi connectivity index (χ2n) is 4.64. The topological polar surface area (TPSA) is 77.2 Å². The number of ether oxygens (including phenoxy) is 1. The maximum absolute atomic E-state index is 12.4. The smallest absolute Gasteiger partial charge is 0.383 e. The molecule has 0 atom stereocenters. The van der Waals surface area contributed by atoms with Crippen molar-refractivity contribution >= 4 is 5.91 Å². The van der Waals surface area contributed by atoms with Crippen LogP contribution in [-0.2, 0) is 17.3 Å². The molecule has 0 aliphatic carbocycles. The van der Waals surface area contributed by atoms with Gasteiger partial charge in [-0.25, -0.2) is 0 Å². The Kier molecular flexibility index (Phi) is 5.32. The number of nitrogens with zero attached hydrogens (tertiary/aromatic N) is 2. The number of hydrogen-bond donors (Lipinski definition) is 1. The third-order valence-electron chi connectivity index (χ3n) is 2.88. The molecule has 0 unspecified atom stereocenters. The molecule has 0 aliphatic rings. The summed E-state index contributed by atoms with van der Waals surface area (Å²) in [6.07, 6.45) is -4.58. The second-order valence-corrected chi connectivity index (χ2v) is 4.64. The number of halogens is 3. The summed E-state index contributed by atoms with van der Waals surface area (Å²) in [7, 11) is 1.53. The van der Waals surface area contributed by atoms with Gasteiger partial charge in [-0.05, 0) is 17.7 Å². The van der Waals surface area contributed by atoms with Crippen molar-refractivity contribution in [3.8, 4) is 0 Å². The van der Waals surface area contributed by atoms with Crippen molar-refractivity contribution in [2.45, 2.75) is 12.6 Å². The Hall–Kier alpha value is -2.42. The molecule has 124 valence electrons. The first kappa shape index (κ1) is 16.9. The van der Waals surface area contributed by atoms with Gasteiger partial charge in [0.2, 0.25) is 0 Å². The number of alkyl halides is 3. The number of benzene rings is 1. The summed E-state index contributed by atoms with van der Waals surface area (Å²) in [5.41, 5.74) is 1.10. The largest absolute Gasteiger partial charge is 0.471 e. The van der Waals surface area contributed by atoms with Crippen molar-refractivity contribution in [1.29, 1.82) is 0 Å². The van der Waals surface area contributed by atoms with Crippen LogP contribution < -0.4 is 5.32 Å². The summed E-state index contributed by atoms with van der Waals surface area (Å²) in [4.78, 5) is 15.1. The maximum Gasteiger partial charge on any atom is 0.471 e. The summed E-state index contributed by atoms with van der Waals surface area (Å²) >= 11 is 0. The van der Waals surface area contributed by atoms with Crippen molar-refractivity contribution in [3.63, 3.8) is 0 Å². The third-order valence-corrected chi connectivity index (χ3v) is 2.88. The Morgan fingerprint density at radius 1 is 1.30 bits per heavy atom. The highest BCUT2D eigenvalue weighted by Crippen LogP contribution is 2.27. The van der Waals surface area contributed by atoms with Crippen LogP contribution in [0.3, 0.4) is 0 Å². The summed E-state index contributed by atoms with van der Waals surface area (Å²) in [6.45, 7) is 0.795. The molecule has 0 spiro atoms. The van der Waals surface area contributed by atoms with Gasteiger partial charge in [0.05, 0.1) is 6.61 Å². The molecule has 23 heavy (non-hydrogen) atoms. The Morgan fingerprint density at radius 3 is 2.57 bits per heavy atom. The van der Waals surface area contributed by atoms with E-state index in [0.29, 0.717) is 24.3 Å². The highest BCUT2D eigenvalue weighted by Gasteiger charge is 2.38. The van der Waals surface area contributed by atoms with Crippen LogP contribution in [-0.4, -0.2) is 36.3 Å². The molecule has 1 aromatic carbocycles. The van der Waals surface area contributed by atoms with Crippen LogP contribution in [0, 0.1) is 0 Å². The molecule has 1 N–H and O–H groups in total. The second kappa shape index (κ2) is 7.23. The van der Waals surface area contributed by atoms with E-state index in [1.807, 2.05) is 0 Å². The van der Waals surface area contributed by atoms with Gasteiger partial charge in [-0.2, -0.15) is 18.2 Å². The quantitative estimate of drug-likeness (QED) is 0.821. The molecule has 0 bridgehead atoms. The lowest BCUT2D eigenvalue weighted by Crippen LogP contribution is -2.26. The Labute approximate surface area is 129 Å². The number of amides is 1. The lowest BCUT2D eigenvalue weighted by molar-refractivity contribution is -0.159. The van der Waals surface area contributed by atoms with Gasteiger partial charge in [0.1, 0.15) is 0 Å². The summed E-state index contributed by atoms with van der Waals surface area (Å²) in [5, 5.41) is 5.95. The highest BCUT2D eigenvalue weighted by atomic mass is 19.4. The molecule has 0 fully saturated rings. The number of hydrogen-bond acceptors (Lipinski definition) is 5. The normalized spacial score (nSPS) is 11.5. The van der Waals surface area contributed by atoms with Crippen molar-refractivity contribution in [1.82, 2.24) is 15.5 Å². The minimum atomic E-state index is -4.66. The predicted octanol–water partition coefficient (Wildman–Crippen LogP) is 2.06. The first-order valence-corrected chi connectivity index (χ1v) is 6.66. The zero-order valence-corrected chi connectivity index (χ0v) is 12.2. The zero-order chi connectivity index (χ0) is 16.9. The van der Waals surface area contributed by atoms with Crippen LogP contribution in [0.4, 0.5) is 13.2 Å². The fourth-order valence-corrected chi connectivity index (χ4v) is 1.77. The zero-order valence-electron chi connectivity index (χ0n) is 12.2. The molecule has 1 amide bonds. The Morgan fingerprint density at radius 2 is 2.00 bits per heavy atom. The van der Waals surface area contributed by atoms with E-state index in [4.69, 9.17) is 4.74 Å². The van der Waals surface area contributed by atoms with Crippen molar-refractivity contribution in [3.05, 3.63) is 47.1 Å². The van der Waals surface area contributed by atoms with Crippen LogP contribution in [0.25, 0.3) is 0 Å². The SMILES string of the molecule is COCCNC(=O)c1ccc(Cc2noc(C(F)(F)F)n2)cc1. The molecule has 0 radical (unpaired) electrons. The Balaban J connectivity index is 1.97. The molecule has 2 aromatic rings. The number of rotatable bonds is 6. The highest BCUT2D eigenvalue weighted by molar-refractivity contribution is 5.94. The minimum Gasteiger partial charge on any atom is -0.383 e. The first-order valence-electron chi connectivity index (χ1n) is 6.66. The van der Waals surface area contributed by atoms with Crippen molar-refractivity contribution in [2.75, 3.05) is 20.3 Å². The average molecular weight is 329 g/mol. The molecule has 0 saturated heterocycles. The van der Waals surface area contributed by atoms with E-state index in [1.54, 1.807) is 24.3 Å². The summed E-state index contributed by atoms with van der Waals surface area (Å²) in [5.74, 6) is -1.70. The maximum atomic E-state index is 12.4. The molecule has 1 heterocycles. The first-order chi connectivity index (χ1) is 10.9. The molecule has 1 aromatic heterocycles. The molecular formula is C14H14F3N3O3. The number of carbonyl (C=O) groups is 1. The van der Waals surface area contributed by atoms with Gasteiger partial charge in [-0.1, -0.05) is 17.3 Å². The van der Waals surface area contributed by atoms with E-state index in [-0.39, 0.29) is 18.2 Å². The average Bonchev–Trinajstić information content (AvgIpc) is 2.97. The Bertz CT molecular complexity index is 653. The minimum absolute atomic E-state index is 0.0744. The van der Waals surface area contributed by atoms with Crippen LogP contribution in [0.1, 0.15) is 27.6 Å². The van der Waals surface area contributed by atoms with Gasteiger partial charge in [0.25, 0.3) is 5.91 Å². The van der Waals surface area contributed by atoms with Crippen LogP contribution in [0.15, 0.2) is 28.8 Å². The summed E-state index contributed by atoms with van der Waals surface area (Å²) in [6, 6.07) is 6.38. The van der Waals surface area contributed by atoms with Gasteiger partial charge in [0.15, 0.2) is 5.82 Å². The molecular weight excluding hydrogens is 315 g/mol. The van der Waals surface area contributed by atoms with E-state index in [0.717, 1.165) is 0 Å². The van der Waals surface area contributed by atoms with E-state index in [2.05, 4.69) is 20.0 Å². The number of aromatic nitrogens is 2.